The molecule has 0 aliphatic carbocycles. The first-order chi connectivity index (χ1) is 9.66. The standard InChI is InChI=1S/C19H19N/c1-13(2)11-18(20)19-16-9-5-3-7-14(16)12-15-8-4-6-10-17(15)19/h3-10,12,18H,1,11,20H2,2H3/t18-/m1/s1. The normalized spacial score (nSPS) is 12.7. The minimum absolute atomic E-state index is 0.0106. The Hall–Kier alpha value is -2.12. The lowest BCUT2D eigenvalue weighted by Crippen LogP contribution is -2.11. The summed E-state index contributed by atoms with van der Waals surface area (Å²) in [5.41, 5.74) is 8.82. The number of hydrogen-bond acceptors (Lipinski definition) is 1. The van der Waals surface area contributed by atoms with Gasteiger partial charge in [-0.3, -0.25) is 0 Å². The van der Waals surface area contributed by atoms with Gasteiger partial charge in [0.05, 0.1) is 0 Å². The molecule has 0 aliphatic rings. The number of fused-ring (bicyclic) bond motifs is 2. The Morgan fingerprint density at radius 2 is 1.50 bits per heavy atom. The molecular weight excluding hydrogens is 242 g/mol. The summed E-state index contributed by atoms with van der Waals surface area (Å²) < 4.78 is 0. The van der Waals surface area contributed by atoms with Crippen molar-refractivity contribution in [2.24, 2.45) is 5.73 Å². The molecule has 2 N–H and O–H groups in total. The number of benzene rings is 3. The first kappa shape index (κ1) is 12.9. The molecule has 3 aromatic carbocycles. The molecule has 0 bridgehead atoms. The van der Waals surface area contributed by atoms with Crippen molar-refractivity contribution >= 4 is 21.5 Å². The third-order valence-corrected chi connectivity index (χ3v) is 3.75. The first-order valence-electron chi connectivity index (χ1n) is 6.97. The van der Waals surface area contributed by atoms with Crippen LogP contribution in [0.15, 0.2) is 66.7 Å². The zero-order valence-corrected chi connectivity index (χ0v) is 11.8. The van der Waals surface area contributed by atoms with Gasteiger partial charge in [0.15, 0.2) is 0 Å². The van der Waals surface area contributed by atoms with Crippen LogP contribution in [0.3, 0.4) is 0 Å². The molecule has 0 unspecified atom stereocenters. The molecule has 1 atom stereocenters. The van der Waals surface area contributed by atoms with E-state index in [0.29, 0.717) is 0 Å². The van der Waals surface area contributed by atoms with Crippen LogP contribution in [0, 0.1) is 0 Å². The van der Waals surface area contributed by atoms with Gasteiger partial charge in [-0.15, -0.1) is 6.58 Å². The van der Waals surface area contributed by atoms with Crippen molar-refractivity contribution in [3.63, 3.8) is 0 Å². The van der Waals surface area contributed by atoms with Crippen molar-refractivity contribution in [3.05, 3.63) is 72.3 Å². The van der Waals surface area contributed by atoms with Crippen molar-refractivity contribution < 1.29 is 0 Å². The molecule has 1 nitrogen and oxygen atoms in total. The van der Waals surface area contributed by atoms with E-state index >= 15 is 0 Å². The molecule has 0 saturated carbocycles. The predicted molar refractivity (Wildman–Crippen MR) is 87.8 cm³/mol. The van der Waals surface area contributed by atoms with E-state index in [4.69, 9.17) is 5.73 Å². The van der Waals surface area contributed by atoms with Gasteiger partial charge in [0.25, 0.3) is 0 Å². The van der Waals surface area contributed by atoms with Crippen molar-refractivity contribution in [1.82, 2.24) is 0 Å². The highest BCUT2D eigenvalue weighted by Crippen LogP contribution is 2.33. The van der Waals surface area contributed by atoms with Gasteiger partial charge in [-0.2, -0.15) is 0 Å². The van der Waals surface area contributed by atoms with Crippen molar-refractivity contribution in [2.75, 3.05) is 0 Å². The lowest BCUT2D eigenvalue weighted by molar-refractivity contribution is 0.728. The fourth-order valence-corrected chi connectivity index (χ4v) is 2.93. The summed E-state index contributed by atoms with van der Waals surface area (Å²) in [6, 6.07) is 19.2. The molecule has 20 heavy (non-hydrogen) atoms. The van der Waals surface area contributed by atoms with E-state index in [1.54, 1.807) is 0 Å². The third-order valence-electron chi connectivity index (χ3n) is 3.75. The van der Waals surface area contributed by atoms with Crippen molar-refractivity contribution in [2.45, 2.75) is 19.4 Å². The minimum Gasteiger partial charge on any atom is -0.324 e. The van der Waals surface area contributed by atoms with Gasteiger partial charge in [-0.1, -0.05) is 54.1 Å². The Labute approximate surface area is 119 Å². The molecule has 3 aromatic rings. The van der Waals surface area contributed by atoms with Crippen LogP contribution < -0.4 is 5.73 Å². The van der Waals surface area contributed by atoms with E-state index < -0.39 is 0 Å². The molecule has 0 amide bonds. The Bertz CT molecular complexity index is 732. The lowest BCUT2D eigenvalue weighted by Gasteiger charge is -2.18. The fourth-order valence-electron chi connectivity index (χ4n) is 2.93. The molecule has 0 saturated heterocycles. The van der Waals surface area contributed by atoms with Crippen LogP contribution in [0.5, 0.6) is 0 Å². The second-order valence-electron chi connectivity index (χ2n) is 5.50. The summed E-state index contributed by atoms with van der Waals surface area (Å²) >= 11 is 0. The van der Waals surface area contributed by atoms with Gasteiger partial charge < -0.3 is 5.73 Å². The van der Waals surface area contributed by atoms with Gasteiger partial charge in [-0.25, -0.2) is 0 Å². The van der Waals surface area contributed by atoms with Crippen molar-refractivity contribution in [1.29, 1.82) is 0 Å². The highest BCUT2D eigenvalue weighted by atomic mass is 14.6. The van der Waals surface area contributed by atoms with Crippen LogP contribution in [0.2, 0.25) is 0 Å². The van der Waals surface area contributed by atoms with E-state index in [2.05, 4.69) is 61.2 Å². The van der Waals surface area contributed by atoms with Crippen molar-refractivity contribution in [3.8, 4) is 0 Å². The summed E-state index contributed by atoms with van der Waals surface area (Å²) in [4.78, 5) is 0. The Kier molecular flexibility index (Phi) is 3.29. The SMILES string of the molecule is C=C(C)C[C@@H](N)c1c2ccccc2cc2ccccc12. The van der Waals surface area contributed by atoms with Gasteiger partial charge in [0.2, 0.25) is 0 Å². The van der Waals surface area contributed by atoms with E-state index in [9.17, 15) is 0 Å². The average Bonchev–Trinajstić information content (AvgIpc) is 2.43. The second kappa shape index (κ2) is 5.10. The summed E-state index contributed by atoms with van der Waals surface area (Å²) in [6.45, 7) is 6.04. The molecule has 0 fully saturated rings. The second-order valence-corrected chi connectivity index (χ2v) is 5.50. The smallest absolute Gasteiger partial charge is 0.0344 e. The van der Waals surface area contributed by atoms with Crippen LogP contribution >= 0.6 is 0 Å². The predicted octanol–water partition coefficient (Wildman–Crippen LogP) is 4.96. The fraction of sp³-hybridized carbons (Fsp3) is 0.158. The molecule has 0 aliphatic heterocycles. The topological polar surface area (TPSA) is 26.0 Å². The van der Waals surface area contributed by atoms with E-state index in [1.165, 1.54) is 27.1 Å². The van der Waals surface area contributed by atoms with E-state index in [1.807, 2.05) is 6.92 Å². The van der Waals surface area contributed by atoms with Gasteiger partial charge in [0.1, 0.15) is 0 Å². The summed E-state index contributed by atoms with van der Waals surface area (Å²) in [6.07, 6.45) is 0.817. The van der Waals surface area contributed by atoms with Crippen LogP contribution in [0.1, 0.15) is 24.9 Å². The maximum Gasteiger partial charge on any atom is 0.0344 e. The highest BCUT2D eigenvalue weighted by Gasteiger charge is 2.14. The Morgan fingerprint density at radius 3 is 2.00 bits per heavy atom. The molecular formula is C19H19N. The van der Waals surface area contributed by atoms with Crippen LogP contribution in [-0.4, -0.2) is 0 Å². The Morgan fingerprint density at radius 1 is 1.00 bits per heavy atom. The molecule has 3 rings (SSSR count). The van der Waals surface area contributed by atoms with E-state index in [-0.39, 0.29) is 6.04 Å². The molecule has 1 heteroatoms. The van der Waals surface area contributed by atoms with Crippen LogP contribution in [0.4, 0.5) is 0 Å². The largest absolute Gasteiger partial charge is 0.324 e. The molecule has 0 spiro atoms. The summed E-state index contributed by atoms with van der Waals surface area (Å²) in [5, 5.41) is 5.00. The number of hydrogen-bond donors (Lipinski definition) is 1. The first-order valence-corrected chi connectivity index (χ1v) is 6.97. The highest BCUT2D eigenvalue weighted by molar-refractivity contribution is 6.02. The summed E-state index contributed by atoms with van der Waals surface area (Å²) in [7, 11) is 0. The average molecular weight is 261 g/mol. The zero-order valence-electron chi connectivity index (χ0n) is 11.8. The molecule has 100 valence electrons. The summed E-state index contributed by atoms with van der Waals surface area (Å²) in [5.74, 6) is 0. The van der Waals surface area contributed by atoms with Crippen LogP contribution in [-0.2, 0) is 0 Å². The molecule has 0 radical (unpaired) electrons. The molecule has 0 heterocycles. The van der Waals surface area contributed by atoms with E-state index in [0.717, 1.165) is 12.0 Å². The minimum atomic E-state index is -0.0106. The third kappa shape index (κ3) is 2.21. The zero-order chi connectivity index (χ0) is 14.1. The Balaban J connectivity index is 2.35. The van der Waals surface area contributed by atoms with Gasteiger partial charge in [0, 0.05) is 6.04 Å². The maximum atomic E-state index is 6.47. The van der Waals surface area contributed by atoms with Gasteiger partial charge in [-0.05, 0) is 46.5 Å². The number of nitrogens with two attached hydrogens (primary N) is 1. The lowest BCUT2D eigenvalue weighted by atomic mass is 9.90. The number of rotatable bonds is 3. The van der Waals surface area contributed by atoms with Gasteiger partial charge >= 0.3 is 0 Å². The maximum absolute atomic E-state index is 6.47. The van der Waals surface area contributed by atoms with Crippen LogP contribution in [0.25, 0.3) is 21.5 Å². The monoisotopic (exact) mass is 261 g/mol. The molecule has 0 aromatic heterocycles. The quantitative estimate of drug-likeness (QED) is 0.523.